The van der Waals surface area contributed by atoms with E-state index in [4.69, 9.17) is 11.6 Å². The number of amides is 1. The molecule has 1 aromatic heterocycles. The predicted octanol–water partition coefficient (Wildman–Crippen LogP) is 3.76. The van der Waals surface area contributed by atoms with Crippen molar-refractivity contribution in [3.8, 4) is 0 Å². The number of hydrogen-bond donors (Lipinski definition) is 1. The van der Waals surface area contributed by atoms with E-state index in [9.17, 15) is 14.7 Å². The third-order valence-electron chi connectivity index (χ3n) is 4.46. The Morgan fingerprint density at radius 3 is 2.25 bits per heavy atom. The molecule has 1 aliphatic rings. The zero-order valence-electron chi connectivity index (χ0n) is 14.5. The second-order valence-corrected chi connectivity index (χ2v) is 6.51. The van der Waals surface area contributed by atoms with E-state index in [0.29, 0.717) is 16.1 Å². The van der Waals surface area contributed by atoms with E-state index in [1.54, 1.807) is 60.7 Å². The summed E-state index contributed by atoms with van der Waals surface area (Å²) in [6.07, 6.45) is 2.95. The first-order valence-electron chi connectivity index (χ1n) is 8.47. The lowest BCUT2D eigenvalue weighted by atomic mass is 9.95. The van der Waals surface area contributed by atoms with E-state index < -0.39 is 17.7 Å². The predicted molar refractivity (Wildman–Crippen MR) is 105 cm³/mol. The summed E-state index contributed by atoms with van der Waals surface area (Å²) in [5, 5.41) is 11.2. The third-order valence-corrected chi connectivity index (χ3v) is 4.80. The first-order chi connectivity index (χ1) is 13.6. The van der Waals surface area contributed by atoms with Crippen LogP contribution in [-0.4, -0.2) is 26.8 Å². The van der Waals surface area contributed by atoms with Crippen LogP contribution in [0.25, 0.3) is 5.76 Å². The smallest absolute Gasteiger partial charge is 0.302 e. The van der Waals surface area contributed by atoms with Gasteiger partial charge < -0.3 is 5.11 Å². The first-order valence-corrected chi connectivity index (χ1v) is 8.85. The van der Waals surface area contributed by atoms with Gasteiger partial charge in [0.25, 0.3) is 5.78 Å². The van der Waals surface area contributed by atoms with Crippen LogP contribution in [0.4, 0.5) is 5.95 Å². The topological polar surface area (TPSA) is 83.4 Å². The number of carbonyl (C=O) groups excluding carboxylic acids is 2. The summed E-state index contributed by atoms with van der Waals surface area (Å²) in [6, 6.07) is 16.1. The van der Waals surface area contributed by atoms with Crippen LogP contribution in [0.3, 0.4) is 0 Å². The van der Waals surface area contributed by atoms with Crippen LogP contribution >= 0.6 is 11.6 Å². The van der Waals surface area contributed by atoms with Gasteiger partial charge in [-0.15, -0.1) is 0 Å². The monoisotopic (exact) mass is 391 g/mol. The summed E-state index contributed by atoms with van der Waals surface area (Å²) in [4.78, 5) is 35.1. The molecule has 1 amide bonds. The standard InChI is InChI=1S/C21H14ClN3O3/c22-15-10-5-4-9-14(15)17-16(18(26)13-7-2-1-3-8-13)19(27)20(28)25(17)21-23-11-6-12-24-21/h1-12,17,26H/b18-16+. The molecule has 7 heteroatoms. The highest BCUT2D eigenvalue weighted by atomic mass is 35.5. The Hall–Kier alpha value is -3.51. The summed E-state index contributed by atoms with van der Waals surface area (Å²) >= 11 is 6.37. The number of halogens is 1. The number of ketones is 1. The number of rotatable bonds is 3. The van der Waals surface area contributed by atoms with Crippen LogP contribution in [0, 0.1) is 0 Å². The van der Waals surface area contributed by atoms with Gasteiger partial charge in [-0.3, -0.25) is 14.5 Å². The second kappa shape index (κ2) is 7.25. The molecule has 0 spiro atoms. The first kappa shape index (κ1) is 17.9. The molecule has 0 aliphatic carbocycles. The van der Waals surface area contributed by atoms with Gasteiger partial charge in [0.05, 0.1) is 11.6 Å². The molecule has 1 aliphatic heterocycles. The summed E-state index contributed by atoms with van der Waals surface area (Å²) in [5.41, 5.74) is 0.858. The minimum atomic E-state index is -0.948. The van der Waals surface area contributed by atoms with Crippen molar-refractivity contribution in [2.24, 2.45) is 0 Å². The molecule has 2 aromatic carbocycles. The van der Waals surface area contributed by atoms with Crippen molar-refractivity contribution in [2.75, 3.05) is 4.90 Å². The van der Waals surface area contributed by atoms with Gasteiger partial charge in [0.2, 0.25) is 5.95 Å². The number of benzene rings is 2. The van der Waals surface area contributed by atoms with Gasteiger partial charge in [0.1, 0.15) is 5.76 Å². The summed E-state index contributed by atoms with van der Waals surface area (Å²) < 4.78 is 0. The molecule has 0 saturated carbocycles. The Morgan fingerprint density at radius 1 is 0.929 bits per heavy atom. The van der Waals surface area contributed by atoms with Crippen molar-refractivity contribution < 1.29 is 14.7 Å². The molecule has 0 radical (unpaired) electrons. The van der Waals surface area contributed by atoms with Crippen molar-refractivity contribution >= 4 is 35.0 Å². The zero-order chi connectivity index (χ0) is 19.7. The van der Waals surface area contributed by atoms with Crippen LogP contribution in [-0.2, 0) is 9.59 Å². The highest BCUT2D eigenvalue weighted by Crippen LogP contribution is 2.42. The molecule has 6 nitrogen and oxygen atoms in total. The van der Waals surface area contributed by atoms with Gasteiger partial charge in [0.15, 0.2) is 0 Å². The normalized spacial score (nSPS) is 18.5. The fourth-order valence-electron chi connectivity index (χ4n) is 3.20. The van der Waals surface area contributed by atoms with Crippen molar-refractivity contribution in [1.82, 2.24) is 9.97 Å². The number of aliphatic hydroxyl groups is 1. The highest BCUT2D eigenvalue weighted by Gasteiger charge is 2.48. The Kier molecular flexibility index (Phi) is 4.63. The Morgan fingerprint density at radius 2 is 1.57 bits per heavy atom. The molecule has 138 valence electrons. The van der Waals surface area contributed by atoms with Gasteiger partial charge >= 0.3 is 5.91 Å². The minimum absolute atomic E-state index is 0.0571. The summed E-state index contributed by atoms with van der Waals surface area (Å²) in [5.74, 6) is -1.86. The van der Waals surface area contributed by atoms with Crippen molar-refractivity contribution in [3.63, 3.8) is 0 Å². The van der Waals surface area contributed by atoms with Gasteiger partial charge in [0, 0.05) is 23.0 Å². The molecule has 0 bridgehead atoms. The van der Waals surface area contributed by atoms with E-state index in [2.05, 4.69) is 9.97 Å². The molecule has 1 saturated heterocycles. The average molecular weight is 392 g/mol. The fourth-order valence-corrected chi connectivity index (χ4v) is 3.44. The van der Waals surface area contributed by atoms with Gasteiger partial charge in [-0.2, -0.15) is 0 Å². The Bertz CT molecular complexity index is 1080. The largest absolute Gasteiger partial charge is 0.507 e. The average Bonchev–Trinajstić information content (AvgIpc) is 3.00. The van der Waals surface area contributed by atoms with Crippen molar-refractivity contribution in [3.05, 3.63) is 94.8 Å². The number of aliphatic hydroxyl groups excluding tert-OH is 1. The third kappa shape index (κ3) is 2.93. The molecule has 1 atom stereocenters. The molecule has 1 unspecified atom stereocenters. The maximum atomic E-state index is 12.9. The molecular formula is C21H14ClN3O3. The fraction of sp³-hybridized carbons (Fsp3) is 0.0476. The van der Waals surface area contributed by atoms with E-state index in [0.717, 1.165) is 4.90 Å². The Balaban J connectivity index is 1.98. The molecule has 1 N–H and O–H groups in total. The molecule has 28 heavy (non-hydrogen) atoms. The van der Waals surface area contributed by atoms with Gasteiger partial charge in [-0.05, 0) is 17.7 Å². The summed E-state index contributed by atoms with van der Waals surface area (Å²) in [7, 11) is 0. The van der Waals surface area contributed by atoms with Crippen LogP contribution in [0.1, 0.15) is 17.2 Å². The number of nitrogens with zero attached hydrogens (tertiary/aromatic N) is 3. The van der Waals surface area contributed by atoms with Gasteiger partial charge in [-0.25, -0.2) is 9.97 Å². The lowest BCUT2D eigenvalue weighted by Gasteiger charge is -2.24. The minimum Gasteiger partial charge on any atom is -0.507 e. The van der Waals surface area contributed by atoms with Crippen LogP contribution in [0.15, 0.2) is 78.6 Å². The van der Waals surface area contributed by atoms with Crippen LogP contribution in [0.2, 0.25) is 5.02 Å². The summed E-state index contributed by atoms with van der Waals surface area (Å²) in [6.45, 7) is 0. The number of carbonyl (C=O) groups is 2. The van der Waals surface area contributed by atoms with E-state index in [1.165, 1.54) is 12.4 Å². The lowest BCUT2D eigenvalue weighted by molar-refractivity contribution is -0.132. The number of anilines is 1. The van der Waals surface area contributed by atoms with Gasteiger partial charge in [-0.1, -0.05) is 60.1 Å². The second-order valence-electron chi connectivity index (χ2n) is 6.11. The van der Waals surface area contributed by atoms with E-state index >= 15 is 0 Å². The molecule has 4 rings (SSSR count). The highest BCUT2D eigenvalue weighted by molar-refractivity contribution is 6.51. The van der Waals surface area contributed by atoms with Crippen molar-refractivity contribution in [2.45, 2.75) is 6.04 Å². The SMILES string of the molecule is O=C1C(=O)N(c2ncccn2)C(c2ccccc2Cl)/C1=C(\O)c1ccccc1. The molecular weight excluding hydrogens is 378 g/mol. The van der Waals surface area contributed by atoms with E-state index in [1.807, 2.05) is 0 Å². The zero-order valence-corrected chi connectivity index (χ0v) is 15.2. The number of hydrogen-bond acceptors (Lipinski definition) is 5. The maximum Gasteiger partial charge on any atom is 0.302 e. The Labute approximate surface area is 165 Å². The molecule has 3 aromatic rings. The molecule has 1 fully saturated rings. The van der Waals surface area contributed by atoms with Crippen molar-refractivity contribution in [1.29, 1.82) is 0 Å². The van der Waals surface area contributed by atoms with Crippen LogP contribution in [0.5, 0.6) is 0 Å². The van der Waals surface area contributed by atoms with Crippen LogP contribution < -0.4 is 4.90 Å². The van der Waals surface area contributed by atoms with E-state index in [-0.39, 0.29) is 17.3 Å². The maximum absolute atomic E-state index is 12.9. The quantitative estimate of drug-likeness (QED) is 0.417. The number of aromatic nitrogens is 2. The number of Topliss-reactive ketones (excluding diaryl/α,β-unsaturated/α-hetero) is 1. The molecule has 2 heterocycles. The lowest BCUT2D eigenvalue weighted by Crippen LogP contribution is -2.31.